The third-order valence-corrected chi connectivity index (χ3v) is 3.67. The fourth-order valence-electron chi connectivity index (χ4n) is 1.52. The molecule has 1 aromatic carbocycles. The molecular weight excluding hydrogens is 315 g/mol. The number of hydrogen-bond acceptors (Lipinski definition) is 3. The van der Waals surface area contributed by atoms with Gasteiger partial charge in [-0.1, -0.05) is 22.0 Å². The molecule has 2 aromatic rings. The van der Waals surface area contributed by atoms with Gasteiger partial charge >= 0.3 is 0 Å². The van der Waals surface area contributed by atoms with Gasteiger partial charge in [0.2, 0.25) is 0 Å². The zero-order chi connectivity index (χ0) is 13.1. The van der Waals surface area contributed by atoms with E-state index >= 15 is 0 Å². The van der Waals surface area contributed by atoms with Crippen LogP contribution in [0, 0.1) is 17.1 Å². The normalized spacial score (nSPS) is 11.8. The van der Waals surface area contributed by atoms with Gasteiger partial charge in [-0.25, -0.2) is 4.39 Å². The summed E-state index contributed by atoms with van der Waals surface area (Å²) in [4.78, 5) is 0.774. The van der Waals surface area contributed by atoms with Gasteiger partial charge in [0.05, 0.1) is 11.3 Å². The number of halogens is 2. The first-order valence-electron chi connectivity index (χ1n) is 5.02. The van der Waals surface area contributed by atoms with Gasteiger partial charge in [0.1, 0.15) is 11.9 Å². The van der Waals surface area contributed by atoms with Crippen LogP contribution in [0.25, 0.3) is 11.3 Å². The van der Waals surface area contributed by atoms with Crippen LogP contribution in [0.5, 0.6) is 0 Å². The number of nitrogens with two attached hydrogens (primary N) is 1. The van der Waals surface area contributed by atoms with Crippen LogP contribution >= 0.6 is 27.3 Å². The van der Waals surface area contributed by atoms with Crippen molar-refractivity contribution in [3.63, 3.8) is 0 Å². The lowest BCUT2D eigenvalue weighted by atomic mass is 10.1. The summed E-state index contributed by atoms with van der Waals surface area (Å²) >= 11 is 4.62. The summed E-state index contributed by atoms with van der Waals surface area (Å²) in [7, 11) is 0. The minimum Gasteiger partial charge on any atom is -0.397 e. The monoisotopic (exact) mass is 322 g/mol. The molecule has 2 rings (SSSR count). The van der Waals surface area contributed by atoms with Crippen LogP contribution in [-0.4, -0.2) is 0 Å². The van der Waals surface area contributed by atoms with Gasteiger partial charge < -0.3 is 5.73 Å². The molecule has 2 N–H and O–H groups in total. The van der Waals surface area contributed by atoms with Gasteiger partial charge in [0, 0.05) is 14.9 Å². The molecule has 0 unspecified atom stereocenters. The fraction of sp³-hybridized carbons (Fsp3) is 0. The largest absolute Gasteiger partial charge is 0.397 e. The molecule has 18 heavy (non-hydrogen) atoms. The maximum absolute atomic E-state index is 13.3. The van der Waals surface area contributed by atoms with Crippen molar-refractivity contribution in [2.45, 2.75) is 0 Å². The number of nitriles is 1. The predicted octanol–water partition coefficient (Wildman–Crippen LogP) is 4.00. The van der Waals surface area contributed by atoms with Crippen LogP contribution in [0.1, 0.15) is 10.4 Å². The molecular formula is C13H8BrFN2S. The molecule has 1 heterocycles. The van der Waals surface area contributed by atoms with E-state index in [-0.39, 0.29) is 5.70 Å². The molecule has 2 nitrogen and oxygen atoms in total. The molecule has 90 valence electrons. The van der Waals surface area contributed by atoms with Crippen LogP contribution in [0.15, 0.2) is 40.2 Å². The second-order valence-electron chi connectivity index (χ2n) is 3.54. The van der Waals surface area contributed by atoms with E-state index in [2.05, 4.69) is 22.0 Å². The summed E-state index contributed by atoms with van der Waals surface area (Å²) in [5.41, 5.74) is 7.09. The third kappa shape index (κ3) is 2.61. The SMILES string of the molecule is N#C/C(=C(/N)c1cc(F)cc(Br)c1)c1cccs1. The first-order chi connectivity index (χ1) is 8.61. The van der Waals surface area contributed by atoms with E-state index in [1.807, 2.05) is 17.5 Å². The van der Waals surface area contributed by atoms with Crippen molar-refractivity contribution in [3.05, 3.63) is 56.4 Å². The molecule has 5 heteroatoms. The Morgan fingerprint density at radius 2 is 2.17 bits per heavy atom. The number of hydrogen-bond donors (Lipinski definition) is 1. The maximum Gasteiger partial charge on any atom is 0.125 e. The lowest BCUT2D eigenvalue weighted by Gasteiger charge is -2.05. The zero-order valence-electron chi connectivity index (χ0n) is 9.15. The van der Waals surface area contributed by atoms with E-state index in [4.69, 9.17) is 5.73 Å². The third-order valence-electron chi connectivity index (χ3n) is 2.32. The van der Waals surface area contributed by atoms with E-state index in [1.165, 1.54) is 23.5 Å². The van der Waals surface area contributed by atoms with Gasteiger partial charge in [0.15, 0.2) is 0 Å². The lowest BCUT2D eigenvalue weighted by molar-refractivity contribution is 0.626. The van der Waals surface area contributed by atoms with Crippen molar-refractivity contribution < 1.29 is 4.39 Å². The Labute approximate surface area is 116 Å². The van der Waals surface area contributed by atoms with E-state index in [1.54, 1.807) is 6.07 Å². The Balaban J connectivity index is 2.58. The first kappa shape index (κ1) is 12.8. The average molecular weight is 323 g/mol. The van der Waals surface area contributed by atoms with E-state index < -0.39 is 5.82 Å². The first-order valence-corrected chi connectivity index (χ1v) is 6.69. The van der Waals surface area contributed by atoms with E-state index in [0.29, 0.717) is 15.6 Å². The Kier molecular flexibility index (Phi) is 3.80. The number of thiophene rings is 1. The van der Waals surface area contributed by atoms with Crippen molar-refractivity contribution >= 4 is 38.5 Å². The highest BCUT2D eigenvalue weighted by Gasteiger charge is 2.10. The Morgan fingerprint density at radius 1 is 1.39 bits per heavy atom. The summed E-state index contributed by atoms with van der Waals surface area (Å²) in [5.74, 6) is -0.397. The summed E-state index contributed by atoms with van der Waals surface area (Å²) in [5, 5.41) is 11.0. The Morgan fingerprint density at radius 3 is 2.72 bits per heavy atom. The second-order valence-corrected chi connectivity index (χ2v) is 5.40. The Hall–Kier alpha value is -1.64. The highest BCUT2D eigenvalue weighted by molar-refractivity contribution is 9.10. The molecule has 0 amide bonds. The number of rotatable bonds is 2. The number of nitrogens with zero attached hydrogens (tertiary/aromatic N) is 1. The molecule has 0 fully saturated rings. The minimum atomic E-state index is -0.397. The summed E-state index contributed by atoms with van der Waals surface area (Å²) in [6.07, 6.45) is 0. The molecule has 0 aliphatic rings. The lowest BCUT2D eigenvalue weighted by Crippen LogP contribution is -2.00. The fourth-order valence-corrected chi connectivity index (χ4v) is 2.72. The quantitative estimate of drug-likeness (QED) is 0.849. The molecule has 0 spiro atoms. The van der Waals surface area contributed by atoms with Crippen LogP contribution in [0.4, 0.5) is 4.39 Å². The van der Waals surface area contributed by atoms with Crippen LogP contribution < -0.4 is 5.73 Å². The molecule has 0 saturated carbocycles. The van der Waals surface area contributed by atoms with Crippen molar-refractivity contribution in [1.29, 1.82) is 5.26 Å². The predicted molar refractivity (Wildman–Crippen MR) is 75.0 cm³/mol. The smallest absolute Gasteiger partial charge is 0.125 e. The van der Waals surface area contributed by atoms with Crippen molar-refractivity contribution in [2.24, 2.45) is 5.73 Å². The molecule has 0 aliphatic carbocycles. The van der Waals surface area contributed by atoms with Crippen LogP contribution in [0.3, 0.4) is 0 Å². The molecule has 0 aliphatic heterocycles. The molecule has 0 saturated heterocycles. The zero-order valence-corrected chi connectivity index (χ0v) is 11.6. The van der Waals surface area contributed by atoms with Gasteiger partial charge in [-0.2, -0.15) is 5.26 Å². The van der Waals surface area contributed by atoms with E-state index in [9.17, 15) is 9.65 Å². The maximum atomic E-state index is 13.3. The molecule has 0 atom stereocenters. The van der Waals surface area contributed by atoms with Crippen molar-refractivity contribution in [1.82, 2.24) is 0 Å². The van der Waals surface area contributed by atoms with Gasteiger partial charge in [0.25, 0.3) is 0 Å². The van der Waals surface area contributed by atoms with Crippen molar-refractivity contribution in [2.75, 3.05) is 0 Å². The number of allylic oxidation sites excluding steroid dienone is 1. The molecule has 0 bridgehead atoms. The highest BCUT2D eigenvalue weighted by Crippen LogP contribution is 2.27. The summed E-state index contributed by atoms with van der Waals surface area (Å²) in [6.45, 7) is 0. The standard InChI is InChI=1S/C13H8BrFN2S/c14-9-4-8(5-10(15)6-9)13(17)11(7-16)12-2-1-3-18-12/h1-6H,17H2/b13-11-. The highest BCUT2D eigenvalue weighted by atomic mass is 79.9. The van der Waals surface area contributed by atoms with Crippen LogP contribution in [-0.2, 0) is 0 Å². The minimum absolute atomic E-state index is 0.278. The molecule has 1 aromatic heterocycles. The summed E-state index contributed by atoms with van der Waals surface area (Å²) in [6, 6.07) is 10.1. The van der Waals surface area contributed by atoms with Gasteiger partial charge in [-0.3, -0.25) is 0 Å². The average Bonchev–Trinajstić information content (AvgIpc) is 2.82. The van der Waals surface area contributed by atoms with Crippen LogP contribution in [0.2, 0.25) is 0 Å². The topological polar surface area (TPSA) is 49.8 Å². The Bertz CT molecular complexity index is 621. The summed E-state index contributed by atoms with van der Waals surface area (Å²) < 4.78 is 13.9. The van der Waals surface area contributed by atoms with Crippen molar-refractivity contribution in [3.8, 4) is 6.07 Å². The number of benzene rings is 1. The van der Waals surface area contributed by atoms with Gasteiger partial charge in [-0.15, -0.1) is 11.3 Å². The van der Waals surface area contributed by atoms with E-state index in [0.717, 1.165) is 4.88 Å². The molecule has 0 radical (unpaired) electrons. The second kappa shape index (κ2) is 5.34. The van der Waals surface area contributed by atoms with Gasteiger partial charge in [-0.05, 0) is 29.6 Å².